The number of ether oxygens (including phenoxy) is 6. The number of esters is 2. The molecule has 12 atom stereocenters. The lowest BCUT2D eigenvalue weighted by molar-refractivity contribution is -0.154. The van der Waals surface area contributed by atoms with Crippen molar-refractivity contribution in [3.63, 3.8) is 0 Å². The van der Waals surface area contributed by atoms with Gasteiger partial charge >= 0.3 is 11.9 Å². The van der Waals surface area contributed by atoms with Crippen LogP contribution in [0.1, 0.15) is 413 Å². The monoisotopic (exact) mass is 1410 g/mol. The molecule has 0 aromatic carbocycles. The number of nitrogens with one attached hydrogen (secondary N) is 2. The van der Waals surface area contributed by atoms with Gasteiger partial charge in [0.15, 0.2) is 12.2 Å². The van der Waals surface area contributed by atoms with Gasteiger partial charge in [0.1, 0.15) is 36.6 Å². The van der Waals surface area contributed by atoms with Gasteiger partial charge in [0.05, 0.1) is 26.4 Å². The number of rotatable bonds is 71. The van der Waals surface area contributed by atoms with Gasteiger partial charge in [-0.1, -0.05) is 362 Å². The number of hydrogen-bond donors (Lipinski definition) is 4. The number of carbonyl (C=O) groups is 4. The number of unbranched alkanes of at least 4 members (excludes halogenated alkanes) is 40. The molecule has 0 aromatic heterocycles. The summed E-state index contributed by atoms with van der Waals surface area (Å²) in [5.74, 6) is 3.19. The van der Waals surface area contributed by atoms with Gasteiger partial charge in [-0.2, -0.15) is 0 Å². The van der Waals surface area contributed by atoms with Crippen LogP contribution in [0.4, 0.5) is 0 Å². The van der Waals surface area contributed by atoms with Crippen molar-refractivity contribution in [2.45, 2.75) is 462 Å². The normalized spacial score (nSPS) is 21.5. The Morgan fingerprint density at radius 2 is 0.500 bits per heavy atom. The van der Waals surface area contributed by atoms with Crippen LogP contribution in [-0.4, -0.2) is 122 Å². The van der Waals surface area contributed by atoms with Gasteiger partial charge < -0.3 is 49.3 Å². The fourth-order valence-electron chi connectivity index (χ4n) is 16.9. The topological polar surface area (TPSA) is 188 Å². The van der Waals surface area contributed by atoms with Gasteiger partial charge in [0.25, 0.3) is 0 Å². The second kappa shape index (κ2) is 61.8. The predicted molar refractivity (Wildman–Crippen MR) is 410 cm³/mol. The molecule has 14 nitrogen and oxygen atoms in total. The standard InChI is InChI=1S/C86H160N2O12/c1-5-9-13-17-29-41-53-71(73(55-43-31-19-15-11-7-3)59-47-35-23-27-39-51-63-81(93)99-77-69-97-83-75(89)67-95-85(77)83)57-45-33-21-25-37-49-61-79(91)87-65-66-88-80(92)62-50-38-26-22-34-46-58-72(54-42-30-18-14-10-6-2)74(56-44-32-20-16-12-8-4)60-48-36-24-28-40-52-64-82(94)100-78-70-98-84-76(90)68-96-86(78)84/h71-78,83-86,89-90H,5-70H2,1-4H3,(H,87,91)(H,88,92)/t71?,72?,73?,74?,75-,76-,77+,78+,83?,84?,85?,86?/m1/s1. The van der Waals surface area contributed by atoms with E-state index < -0.39 is 24.4 Å². The summed E-state index contributed by atoms with van der Waals surface area (Å²) < 4.78 is 33.9. The van der Waals surface area contributed by atoms with E-state index in [2.05, 4.69) is 38.3 Å². The Bertz CT molecular complexity index is 1810. The SMILES string of the molecule is CCCCCCCCC(CCCCCCCCC(=O)NCCNC(=O)CCCCCCCCC(CCCCCCCC)C(CCCCCCCC)CCCCCCCCC(=O)O[C@H]1COC2C1OC[C@H]2O)C(CCCCCCCC)CCCCCCCCC(=O)O[C@H]1COC2C1OC[C@H]2O. The average molecular weight is 1410 g/mol. The Morgan fingerprint density at radius 1 is 0.290 bits per heavy atom. The first-order valence-corrected chi connectivity index (χ1v) is 43.8. The third-order valence-corrected chi connectivity index (χ3v) is 23.2. The molecule has 0 bridgehead atoms. The summed E-state index contributed by atoms with van der Waals surface area (Å²) in [6, 6.07) is 0. The summed E-state index contributed by atoms with van der Waals surface area (Å²) >= 11 is 0. The molecular formula is C86H160N2O12. The van der Waals surface area contributed by atoms with E-state index in [9.17, 15) is 29.4 Å². The van der Waals surface area contributed by atoms with Crippen LogP contribution in [0.2, 0.25) is 0 Å². The Labute approximate surface area is 614 Å². The van der Waals surface area contributed by atoms with E-state index in [4.69, 9.17) is 28.4 Å². The molecule has 4 heterocycles. The largest absolute Gasteiger partial charge is 0.457 e. The molecule has 4 aliphatic heterocycles. The smallest absolute Gasteiger partial charge is 0.306 e. The molecule has 0 saturated carbocycles. The van der Waals surface area contributed by atoms with Crippen LogP contribution in [0.3, 0.4) is 0 Å². The molecule has 4 aliphatic rings. The molecule has 4 rings (SSSR count). The molecule has 100 heavy (non-hydrogen) atoms. The Hall–Kier alpha value is -2.36. The Morgan fingerprint density at radius 3 is 0.750 bits per heavy atom. The first-order chi connectivity index (χ1) is 49.1. The molecule has 4 N–H and O–H groups in total. The highest BCUT2D eigenvalue weighted by Gasteiger charge is 2.50. The Kier molecular flexibility index (Phi) is 55.6. The number of aliphatic hydroxyl groups excluding tert-OH is 2. The van der Waals surface area contributed by atoms with Crippen LogP contribution in [0, 0.1) is 23.7 Å². The van der Waals surface area contributed by atoms with E-state index in [-0.39, 0.29) is 61.4 Å². The van der Waals surface area contributed by atoms with E-state index in [0.717, 1.165) is 75.0 Å². The van der Waals surface area contributed by atoms with Crippen molar-refractivity contribution in [2.24, 2.45) is 23.7 Å². The van der Waals surface area contributed by atoms with Crippen LogP contribution >= 0.6 is 0 Å². The van der Waals surface area contributed by atoms with E-state index in [1.807, 2.05) is 0 Å². The summed E-state index contributed by atoms with van der Waals surface area (Å²) in [5, 5.41) is 26.2. The van der Waals surface area contributed by atoms with Gasteiger partial charge in [0, 0.05) is 38.8 Å². The van der Waals surface area contributed by atoms with E-state index in [0.29, 0.717) is 52.0 Å². The average Bonchev–Trinajstić information content (AvgIpc) is 1.67. The van der Waals surface area contributed by atoms with Crippen molar-refractivity contribution in [2.75, 3.05) is 39.5 Å². The molecule has 0 radical (unpaired) electrons. The maximum Gasteiger partial charge on any atom is 0.306 e. The van der Waals surface area contributed by atoms with Gasteiger partial charge in [-0.05, 0) is 49.4 Å². The highest BCUT2D eigenvalue weighted by atomic mass is 16.6. The van der Waals surface area contributed by atoms with Crippen LogP contribution in [0.25, 0.3) is 0 Å². The lowest BCUT2D eigenvalue weighted by Gasteiger charge is -2.28. The van der Waals surface area contributed by atoms with Crippen molar-refractivity contribution in [1.29, 1.82) is 0 Å². The number of hydrogen-bond acceptors (Lipinski definition) is 12. The summed E-state index contributed by atoms with van der Waals surface area (Å²) in [6.07, 6.45) is 70.3. The molecule has 14 heteroatoms. The molecule has 4 fully saturated rings. The minimum absolute atomic E-state index is 0.105. The van der Waals surface area contributed by atoms with Crippen LogP contribution < -0.4 is 10.6 Å². The molecule has 4 saturated heterocycles. The maximum absolute atomic E-state index is 12.8. The van der Waals surface area contributed by atoms with Crippen molar-refractivity contribution in [3.8, 4) is 0 Å². The summed E-state index contributed by atoms with van der Waals surface area (Å²) in [7, 11) is 0. The second-order valence-electron chi connectivity index (χ2n) is 32.0. The summed E-state index contributed by atoms with van der Waals surface area (Å²) in [4.78, 5) is 50.8. The molecular weight excluding hydrogens is 1250 g/mol. The highest BCUT2D eigenvalue weighted by Crippen LogP contribution is 2.37. The quantitative estimate of drug-likeness (QED) is 0.0334. The van der Waals surface area contributed by atoms with Gasteiger partial charge in [0.2, 0.25) is 11.8 Å². The van der Waals surface area contributed by atoms with Crippen molar-refractivity contribution >= 4 is 23.8 Å². The van der Waals surface area contributed by atoms with Crippen molar-refractivity contribution in [1.82, 2.24) is 10.6 Å². The zero-order valence-electron chi connectivity index (χ0n) is 65.6. The highest BCUT2D eigenvalue weighted by molar-refractivity contribution is 5.77. The second-order valence-corrected chi connectivity index (χ2v) is 32.0. The van der Waals surface area contributed by atoms with E-state index >= 15 is 0 Å². The lowest BCUT2D eigenvalue weighted by Crippen LogP contribution is -2.34. The van der Waals surface area contributed by atoms with E-state index in [1.165, 1.54) is 308 Å². The minimum Gasteiger partial charge on any atom is -0.457 e. The predicted octanol–water partition coefficient (Wildman–Crippen LogP) is 21.3. The number of fused-ring (bicyclic) bond motifs is 2. The van der Waals surface area contributed by atoms with Gasteiger partial charge in [-0.25, -0.2) is 0 Å². The molecule has 0 spiro atoms. The first kappa shape index (κ1) is 90.0. The summed E-state index contributed by atoms with van der Waals surface area (Å²) in [6.45, 7) is 11.3. The fraction of sp³-hybridized carbons (Fsp3) is 0.953. The zero-order valence-corrected chi connectivity index (χ0v) is 65.6. The lowest BCUT2D eigenvalue weighted by atomic mass is 9.78. The fourth-order valence-corrected chi connectivity index (χ4v) is 16.9. The van der Waals surface area contributed by atoms with Crippen molar-refractivity contribution < 1.29 is 57.8 Å². The third kappa shape index (κ3) is 43.3. The number of carbonyl (C=O) groups excluding carboxylic acids is 4. The first-order valence-electron chi connectivity index (χ1n) is 43.8. The number of amides is 2. The zero-order chi connectivity index (χ0) is 71.6. The van der Waals surface area contributed by atoms with E-state index in [1.54, 1.807) is 0 Å². The van der Waals surface area contributed by atoms with Crippen LogP contribution in [-0.2, 0) is 47.6 Å². The maximum atomic E-state index is 12.8. The minimum atomic E-state index is -0.633. The molecule has 2 amide bonds. The van der Waals surface area contributed by atoms with Crippen LogP contribution in [0.5, 0.6) is 0 Å². The molecule has 8 unspecified atom stereocenters. The summed E-state index contributed by atoms with van der Waals surface area (Å²) in [5.41, 5.74) is 0. The van der Waals surface area contributed by atoms with Crippen LogP contribution in [0.15, 0.2) is 0 Å². The molecule has 586 valence electrons. The van der Waals surface area contributed by atoms with Gasteiger partial charge in [-0.15, -0.1) is 0 Å². The molecule has 0 aromatic rings. The number of aliphatic hydroxyl groups is 2. The third-order valence-electron chi connectivity index (χ3n) is 23.2. The molecule has 0 aliphatic carbocycles. The van der Waals surface area contributed by atoms with Gasteiger partial charge in [-0.3, -0.25) is 19.2 Å². The van der Waals surface area contributed by atoms with Crippen molar-refractivity contribution in [3.05, 3.63) is 0 Å². The Balaban J connectivity index is 1.05.